The number of halogens is 2. The lowest BCUT2D eigenvalue weighted by Crippen LogP contribution is -2.12. The summed E-state index contributed by atoms with van der Waals surface area (Å²) in [5, 5.41) is 1.91. The van der Waals surface area contributed by atoms with Crippen LogP contribution in [0.4, 0.5) is 0 Å². The number of aromatic nitrogens is 2. The van der Waals surface area contributed by atoms with Crippen LogP contribution < -0.4 is 20.9 Å². The zero-order chi connectivity index (χ0) is 25.1. The van der Waals surface area contributed by atoms with Gasteiger partial charge in [0.2, 0.25) is 0 Å². The summed E-state index contributed by atoms with van der Waals surface area (Å²) in [4.78, 5) is 32.0. The Hall–Kier alpha value is -3.82. The Morgan fingerprint density at radius 3 is 1.53 bits per heavy atom. The average Bonchev–Trinajstić information content (AvgIpc) is 3.48. The lowest BCUT2D eigenvalue weighted by molar-refractivity contribution is 0.0734. The SMILES string of the molecule is Cl.Cl.NCCc1c[nH]c2ccc(OC(=O)c3cccc(C(=O)Oc4ccc5[nH]cc(CCN)c5c4)c3)cc12. The van der Waals surface area contributed by atoms with E-state index in [1.165, 1.54) is 6.07 Å². The molecule has 0 aliphatic carbocycles. The van der Waals surface area contributed by atoms with Gasteiger partial charge in [0.1, 0.15) is 11.5 Å². The van der Waals surface area contributed by atoms with Gasteiger partial charge in [-0.05, 0) is 91.7 Å². The fourth-order valence-electron chi connectivity index (χ4n) is 4.27. The molecule has 8 nitrogen and oxygen atoms in total. The Kier molecular flexibility index (Phi) is 9.55. The molecule has 10 heteroatoms. The number of hydrogen-bond acceptors (Lipinski definition) is 6. The molecule has 0 spiro atoms. The highest BCUT2D eigenvalue weighted by molar-refractivity contribution is 5.97. The monoisotopic (exact) mass is 554 g/mol. The number of hydrogen-bond donors (Lipinski definition) is 4. The van der Waals surface area contributed by atoms with E-state index in [1.807, 2.05) is 36.7 Å². The van der Waals surface area contributed by atoms with E-state index in [-0.39, 0.29) is 35.9 Å². The number of ether oxygens (including phenoxy) is 2. The van der Waals surface area contributed by atoms with Crippen molar-refractivity contribution in [3.8, 4) is 11.5 Å². The molecule has 0 unspecified atom stereocenters. The van der Waals surface area contributed by atoms with Crippen LogP contribution in [-0.2, 0) is 12.8 Å². The van der Waals surface area contributed by atoms with Crippen LogP contribution in [0.15, 0.2) is 73.1 Å². The first-order valence-corrected chi connectivity index (χ1v) is 11.7. The Labute approximate surface area is 231 Å². The van der Waals surface area contributed by atoms with Crippen LogP contribution >= 0.6 is 24.8 Å². The van der Waals surface area contributed by atoms with Gasteiger partial charge in [-0.2, -0.15) is 0 Å². The Bertz CT molecular complexity index is 1460. The highest BCUT2D eigenvalue weighted by atomic mass is 35.5. The van der Waals surface area contributed by atoms with Crippen LogP contribution in [0.5, 0.6) is 11.5 Å². The van der Waals surface area contributed by atoms with Gasteiger partial charge in [0.25, 0.3) is 0 Å². The zero-order valence-corrected chi connectivity index (χ0v) is 22.0. The van der Waals surface area contributed by atoms with Gasteiger partial charge in [-0.15, -0.1) is 24.8 Å². The number of carbonyl (C=O) groups excluding carboxylic acids is 2. The van der Waals surface area contributed by atoms with Crippen LogP contribution in [0, 0.1) is 0 Å². The van der Waals surface area contributed by atoms with E-state index in [4.69, 9.17) is 20.9 Å². The first-order valence-electron chi connectivity index (χ1n) is 11.7. The highest BCUT2D eigenvalue weighted by Gasteiger charge is 2.16. The van der Waals surface area contributed by atoms with E-state index >= 15 is 0 Å². The molecule has 0 saturated carbocycles. The number of benzene rings is 3. The smallest absolute Gasteiger partial charge is 0.343 e. The summed E-state index contributed by atoms with van der Waals surface area (Å²) in [5.74, 6) is -0.321. The number of aromatic amines is 2. The second-order valence-corrected chi connectivity index (χ2v) is 8.48. The maximum absolute atomic E-state index is 12.8. The molecular formula is C28H28Cl2N4O4. The van der Waals surface area contributed by atoms with Crippen molar-refractivity contribution in [2.75, 3.05) is 13.1 Å². The van der Waals surface area contributed by atoms with Gasteiger partial charge in [-0.1, -0.05) is 6.07 Å². The average molecular weight is 555 g/mol. The van der Waals surface area contributed by atoms with Crippen LogP contribution in [0.3, 0.4) is 0 Å². The van der Waals surface area contributed by atoms with E-state index in [0.717, 1.165) is 32.9 Å². The standard InChI is InChI=1S/C28H26N4O4.2ClH/c29-10-8-19-15-31-25-6-4-21(13-23(19)25)35-27(33)17-2-1-3-18(12-17)28(34)36-22-5-7-26-24(14-22)20(9-11-30)16-32-26;;/h1-7,12-16,31-32H,8-11,29-30H2;2*1H. The summed E-state index contributed by atoms with van der Waals surface area (Å²) < 4.78 is 11.2. The van der Waals surface area contributed by atoms with Gasteiger partial charge in [0.05, 0.1) is 11.1 Å². The molecule has 0 fully saturated rings. The number of rotatable bonds is 8. The molecule has 5 rings (SSSR count). The van der Waals surface area contributed by atoms with Gasteiger partial charge in [-0.25, -0.2) is 9.59 Å². The number of esters is 2. The fourth-order valence-corrected chi connectivity index (χ4v) is 4.27. The van der Waals surface area contributed by atoms with Crippen molar-refractivity contribution < 1.29 is 19.1 Å². The molecular weight excluding hydrogens is 527 g/mol. The van der Waals surface area contributed by atoms with Gasteiger partial charge in [-0.3, -0.25) is 0 Å². The number of carbonyl (C=O) groups is 2. The zero-order valence-electron chi connectivity index (χ0n) is 20.4. The summed E-state index contributed by atoms with van der Waals surface area (Å²) in [6, 6.07) is 17.0. The minimum Gasteiger partial charge on any atom is -0.423 e. The van der Waals surface area contributed by atoms with Crippen LogP contribution in [-0.4, -0.2) is 35.0 Å². The predicted octanol–water partition coefficient (Wildman–Crippen LogP) is 4.93. The summed E-state index contributed by atoms with van der Waals surface area (Å²) in [7, 11) is 0. The third-order valence-electron chi connectivity index (χ3n) is 6.06. The number of nitrogens with two attached hydrogens (primary N) is 2. The fraction of sp³-hybridized carbons (Fsp3) is 0.143. The Balaban J connectivity index is 0.00000200. The molecule has 0 bridgehead atoms. The second-order valence-electron chi connectivity index (χ2n) is 8.48. The number of H-pyrrole nitrogens is 2. The van der Waals surface area contributed by atoms with Crippen LogP contribution in [0.2, 0.25) is 0 Å². The van der Waals surface area contributed by atoms with Crippen LogP contribution in [0.1, 0.15) is 31.8 Å². The first-order chi connectivity index (χ1) is 17.6. The van der Waals surface area contributed by atoms with E-state index < -0.39 is 11.9 Å². The summed E-state index contributed by atoms with van der Waals surface area (Å²) >= 11 is 0. The van der Waals surface area contributed by atoms with Crippen molar-refractivity contribution in [1.82, 2.24) is 9.97 Å². The normalized spacial score (nSPS) is 10.6. The lowest BCUT2D eigenvalue weighted by atomic mass is 10.1. The minimum atomic E-state index is -0.569. The third-order valence-corrected chi connectivity index (χ3v) is 6.06. The molecule has 38 heavy (non-hydrogen) atoms. The quantitative estimate of drug-likeness (QED) is 0.158. The van der Waals surface area contributed by atoms with Gasteiger partial charge in [0, 0.05) is 34.2 Å². The van der Waals surface area contributed by atoms with E-state index in [0.29, 0.717) is 37.4 Å². The lowest BCUT2D eigenvalue weighted by Gasteiger charge is -2.08. The largest absolute Gasteiger partial charge is 0.423 e. The van der Waals surface area contributed by atoms with Crippen molar-refractivity contribution in [2.24, 2.45) is 11.5 Å². The van der Waals surface area contributed by atoms with E-state index in [9.17, 15) is 9.59 Å². The molecule has 2 aromatic heterocycles. The van der Waals surface area contributed by atoms with Gasteiger partial charge < -0.3 is 30.9 Å². The Morgan fingerprint density at radius 1 is 0.658 bits per heavy atom. The molecule has 0 aliphatic heterocycles. The van der Waals surface area contributed by atoms with Crippen molar-refractivity contribution in [2.45, 2.75) is 12.8 Å². The molecule has 6 N–H and O–H groups in total. The predicted molar refractivity (Wildman–Crippen MR) is 153 cm³/mol. The van der Waals surface area contributed by atoms with Gasteiger partial charge >= 0.3 is 11.9 Å². The number of fused-ring (bicyclic) bond motifs is 2. The molecule has 0 aliphatic rings. The van der Waals surface area contributed by atoms with Crippen molar-refractivity contribution in [3.63, 3.8) is 0 Å². The van der Waals surface area contributed by atoms with E-state index in [1.54, 1.807) is 30.3 Å². The molecule has 0 atom stereocenters. The van der Waals surface area contributed by atoms with E-state index in [2.05, 4.69) is 9.97 Å². The minimum absolute atomic E-state index is 0. The summed E-state index contributed by atoms with van der Waals surface area (Å²) in [5.41, 5.74) is 15.9. The summed E-state index contributed by atoms with van der Waals surface area (Å²) in [6.45, 7) is 1.04. The maximum atomic E-state index is 12.8. The number of nitrogens with one attached hydrogen (secondary N) is 2. The van der Waals surface area contributed by atoms with Crippen molar-refractivity contribution in [3.05, 3.63) is 95.3 Å². The maximum Gasteiger partial charge on any atom is 0.343 e. The van der Waals surface area contributed by atoms with Crippen molar-refractivity contribution in [1.29, 1.82) is 0 Å². The molecule has 3 aromatic carbocycles. The second kappa shape index (κ2) is 12.6. The molecule has 2 heterocycles. The first kappa shape index (κ1) is 28.7. The molecule has 198 valence electrons. The molecule has 5 aromatic rings. The Morgan fingerprint density at radius 2 is 1.11 bits per heavy atom. The molecule has 0 radical (unpaired) electrons. The summed E-state index contributed by atoms with van der Waals surface area (Å²) in [6.07, 6.45) is 5.25. The van der Waals surface area contributed by atoms with Crippen molar-refractivity contribution >= 4 is 58.6 Å². The molecule has 0 amide bonds. The third kappa shape index (κ3) is 6.00. The highest BCUT2D eigenvalue weighted by Crippen LogP contribution is 2.26. The van der Waals surface area contributed by atoms with Gasteiger partial charge in [0.15, 0.2) is 0 Å². The topological polar surface area (TPSA) is 136 Å². The van der Waals surface area contributed by atoms with Crippen LogP contribution in [0.25, 0.3) is 21.8 Å². The molecule has 0 saturated heterocycles.